The molecular formula is C14H30N2. The summed E-state index contributed by atoms with van der Waals surface area (Å²) in [7, 11) is 2.21. The van der Waals surface area contributed by atoms with Gasteiger partial charge < -0.3 is 10.2 Å². The van der Waals surface area contributed by atoms with Gasteiger partial charge in [0.15, 0.2) is 0 Å². The molecule has 0 bridgehead atoms. The van der Waals surface area contributed by atoms with E-state index in [9.17, 15) is 0 Å². The van der Waals surface area contributed by atoms with Crippen molar-refractivity contribution in [2.24, 2.45) is 5.92 Å². The molecule has 0 fully saturated rings. The standard InChI is InChI=1S/C14H30N2/c1-12(2)7-8-14(5)11-16(6)10-9-15-13(3)4/h7,13-15H,8-11H2,1-6H3/t14-/m0/s1. The number of allylic oxidation sites excluding steroid dienone is 2. The van der Waals surface area contributed by atoms with Gasteiger partial charge in [-0.15, -0.1) is 0 Å². The van der Waals surface area contributed by atoms with Gasteiger partial charge in [0.2, 0.25) is 0 Å². The molecule has 0 aromatic carbocycles. The number of hydrogen-bond donors (Lipinski definition) is 1. The molecule has 0 aliphatic carbocycles. The van der Waals surface area contributed by atoms with Crippen LogP contribution in [0, 0.1) is 5.92 Å². The Labute approximate surface area is 102 Å². The molecule has 0 aliphatic heterocycles. The molecule has 1 atom stereocenters. The fraction of sp³-hybridized carbons (Fsp3) is 0.857. The summed E-state index contributed by atoms with van der Waals surface area (Å²) in [6, 6.07) is 0.594. The first-order chi connectivity index (χ1) is 7.41. The van der Waals surface area contributed by atoms with E-state index in [0.717, 1.165) is 19.0 Å². The molecule has 0 radical (unpaired) electrons. The summed E-state index contributed by atoms with van der Waals surface area (Å²) in [6.45, 7) is 14.5. The van der Waals surface area contributed by atoms with E-state index in [4.69, 9.17) is 0 Å². The minimum Gasteiger partial charge on any atom is -0.313 e. The first kappa shape index (κ1) is 15.7. The first-order valence-electron chi connectivity index (χ1n) is 6.47. The van der Waals surface area contributed by atoms with Crippen molar-refractivity contribution in [2.75, 3.05) is 26.7 Å². The average Bonchev–Trinajstić information content (AvgIpc) is 2.14. The molecule has 0 amide bonds. The van der Waals surface area contributed by atoms with Crippen molar-refractivity contribution >= 4 is 0 Å². The first-order valence-corrected chi connectivity index (χ1v) is 6.47. The predicted octanol–water partition coefficient (Wildman–Crippen LogP) is 2.91. The number of rotatable bonds is 8. The molecule has 0 aliphatic rings. The van der Waals surface area contributed by atoms with Crippen LogP contribution in [-0.2, 0) is 0 Å². The molecule has 16 heavy (non-hydrogen) atoms. The Bertz CT molecular complexity index is 193. The van der Waals surface area contributed by atoms with Gasteiger partial charge in [0, 0.05) is 25.7 Å². The molecule has 0 aromatic rings. The molecule has 0 saturated carbocycles. The van der Waals surface area contributed by atoms with E-state index in [1.807, 2.05) is 0 Å². The van der Waals surface area contributed by atoms with E-state index in [0.29, 0.717) is 6.04 Å². The van der Waals surface area contributed by atoms with Gasteiger partial charge in [-0.3, -0.25) is 0 Å². The molecule has 2 nitrogen and oxygen atoms in total. The molecule has 1 N–H and O–H groups in total. The van der Waals surface area contributed by atoms with Crippen LogP contribution in [0.3, 0.4) is 0 Å². The van der Waals surface area contributed by atoms with Crippen LogP contribution in [0.1, 0.15) is 41.0 Å². The second kappa shape index (κ2) is 8.77. The maximum atomic E-state index is 3.45. The van der Waals surface area contributed by atoms with Gasteiger partial charge in [-0.05, 0) is 33.2 Å². The summed E-state index contributed by atoms with van der Waals surface area (Å²) >= 11 is 0. The van der Waals surface area contributed by atoms with Gasteiger partial charge in [0.25, 0.3) is 0 Å². The Morgan fingerprint density at radius 1 is 1.25 bits per heavy atom. The second-order valence-corrected chi connectivity index (χ2v) is 5.49. The van der Waals surface area contributed by atoms with Crippen LogP contribution < -0.4 is 5.32 Å². The molecule has 0 saturated heterocycles. The maximum absolute atomic E-state index is 3.45. The van der Waals surface area contributed by atoms with Crippen LogP contribution in [-0.4, -0.2) is 37.6 Å². The lowest BCUT2D eigenvalue weighted by molar-refractivity contribution is 0.283. The highest BCUT2D eigenvalue weighted by molar-refractivity contribution is 4.93. The van der Waals surface area contributed by atoms with Crippen LogP contribution in [0.4, 0.5) is 0 Å². The zero-order valence-electron chi connectivity index (χ0n) is 12.0. The summed E-state index contributed by atoms with van der Waals surface area (Å²) in [4.78, 5) is 2.42. The highest BCUT2D eigenvalue weighted by atomic mass is 15.1. The van der Waals surface area contributed by atoms with Gasteiger partial charge in [-0.1, -0.05) is 32.4 Å². The van der Waals surface area contributed by atoms with Crippen molar-refractivity contribution in [3.63, 3.8) is 0 Å². The lowest BCUT2D eigenvalue weighted by atomic mass is 10.1. The van der Waals surface area contributed by atoms with Gasteiger partial charge in [-0.25, -0.2) is 0 Å². The zero-order valence-corrected chi connectivity index (χ0v) is 12.0. The predicted molar refractivity (Wildman–Crippen MR) is 73.8 cm³/mol. The van der Waals surface area contributed by atoms with E-state index in [1.165, 1.54) is 18.5 Å². The van der Waals surface area contributed by atoms with Gasteiger partial charge in [0.1, 0.15) is 0 Å². The third kappa shape index (κ3) is 10.2. The highest BCUT2D eigenvalue weighted by Crippen LogP contribution is 2.06. The summed E-state index contributed by atoms with van der Waals surface area (Å²) < 4.78 is 0. The Balaban J connectivity index is 3.61. The van der Waals surface area contributed by atoms with Crippen molar-refractivity contribution < 1.29 is 0 Å². The molecule has 2 heteroatoms. The van der Waals surface area contributed by atoms with Crippen molar-refractivity contribution in [2.45, 2.75) is 47.1 Å². The van der Waals surface area contributed by atoms with Gasteiger partial charge >= 0.3 is 0 Å². The Morgan fingerprint density at radius 2 is 1.88 bits per heavy atom. The number of hydrogen-bond acceptors (Lipinski definition) is 2. The smallest absolute Gasteiger partial charge is 0.0104 e. The molecular weight excluding hydrogens is 196 g/mol. The zero-order chi connectivity index (χ0) is 12.6. The molecule has 0 spiro atoms. The number of nitrogens with zero attached hydrogens (tertiary/aromatic N) is 1. The number of nitrogens with one attached hydrogen (secondary N) is 1. The second-order valence-electron chi connectivity index (χ2n) is 5.49. The lowest BCUT2D eigenvalue weighted by Gasteiger charge is -2.21. The Kier molecular flexibility index (Phi) is 8.58. The molecule has 0 aromatic heterocycles. The normalized spacial score (nSPS) is 13.2. The maximum Gasteiger partial charge on any atom is 0.0104 e. The fourth-order valence-electron chi connectivity index (χ4n) is 1.68. The third-order valence-corrected chi connectivity index (χ3v) is 2.60. The van der Waals surface area contributed by atoms with Gasteiger partial charge in [-0.2, -0.15) is 0 Å². The molecule has 0 rings (SSSR count). The summed E-state index contributed by atoms with van der Waals surface area (Å²) in [5, 5.41) is 3.45. The van der Waals surface area contributed by atoms with Crippen LogP contribution in [0.5, 0.6) is 0 Å². The highest BCUT2D eigenvalue weighted by Gasteiger charge is 2.05. The third-order valence-electron chi connectivity index (χ3n) is 2.60. The van der Waals surface area contributed by atoms with Crippen molar-refractivity contribution in [3.05, 3.63) is 11.6 Å². The summed E-state index contributed by atoms with van der Waals surface area (Å²) in [6.07, 6.45) is 3.54. The van der Waals surface area contributed by atoms with E-state index in [1.54, 1.807) is 0 Å². The van der Waals surface area contributed by atoms with Crippen LogP contribution in [0.15, 0.2) is 11.6 Å². The Morgan fingerprint density at radius 3 is 2.38 bits per heavy atom. The van der Waals surface area contributed by atoms with Crippen molar-refractivity contribution in [3.8, 4) is 0 Å². The average molecular weight is 226 g/mol. The molecule has 0 heterocycles. The van der Waals surface area contributed by atoms with Crippen molar-refractivity contribution in [1.82, 2.24) is 10.2 Å². The van der Waals surface area contributed by atoms with E-state index in [2.05, 4.69) is 58.0 Å². The van der Waals surface area contributed by atoms with E-state index in [-0.39, 0.29) is 0 Å². The quantitative estimate of drug-likeness (QED) is 0.640. The number of likely N-dealkylation sites (N-methyl/N-ethyl adjacent to an activating group) is 1. The van der Waals surface area contributed by atoms with E-state index < -0.39 is 0 Å². The summed E-state index contributed by atoms with van der Waals surface area (Å²) in [5.41, 5.74) is 1.43. The molecule has 0 unspecified atom stereocenters. The minimum absolute atomic E-state index is 0.594. The molecule has 96 valence electrons. The van der Waals surface area contributed by atoms with Crippen LogP contribution in [0.25, 0.3) is 0 Å². The lowest BCUT2D eigenvalue weighted by Crippen LogP contribution is -2.34. The van der Waals surface area contributed by atoms with E-state index >= 15 is 0 Å². The van der Waals surface area contributed by atoms with Crippen molar-refractivity contribution in [1.29, 1.82) is 0 Å². The van der Waals surface area contributed by atoms with Crippen LogP contribution in [0.2, 0.25) is 0 Å². The SMILES string of the molecule is CC(C)=CC[C@H](C)CN(C)CCNC(C)C. The topological polar surface area (TPSA) is 15.3 Å². The largest absolute Gasteiger partial charge is 0.313 e. The minimum atomic E-state index is 0.594. The fourth-order valence-corrected chi connectivity index (χ4v) is 1.68. The monoisotopic (exact) mass is 226 g/mol. The van der Waals surface area contributed by atoms with Gasteiger partial charge in [0.05, 0.1) is 0 Å². The Hall–Kier alpha value is -0.340. The summed E-state index contributed by atoms with van der Waals surface area (Å²) in [5.74, 6) is 0.749. The van der Waals surface area contributed by atoms with Crippen LogP contribution >= 0.6 is 0 Å².